The average molecular weight is 476 g/mol. The molecular formula is C31H42NOP. The summed E-state index contributed by atoms with van der Waals surface area (Å²) in [6.45, 7) is 20.6. The normalized spacial score (nSPS) is 12.5. The van der Waals surface area contributed by atoms with Crippen LogP contribution in [0.3, 0.4) is 0 Å². The summed E-state index contributed by atoms with van der Waals surface area (Å²) in [4.78, 5) is 0. The number of hydrogen-bond acceptors (Lipinski definition) is 2. The van der Waals surface area contributed by atoms with E-state index in [9.17, 15) is 0 Å². The van der Waals surface area contributed by atoms with Crippen LogP contribution in [0.1, 0.15) is 76.3 Å². The maximum absolute atomic E-state index is 6.67. The van der Waals surface area contributed by atoms with Crippen molar-refractivity contribution in [3.63, 3.8) is 0 Å². The van der Waals surface area contributed by atoms with Crippen molar-refractivity contribution in [3.05, 3.63) is 88.5 Å². The average Bonchev–Trinajstić information content (AvgIpc) is 2.77. The van der Waals surface area contributed by atoms with Crippen molar-refractivity contribution in [2.24, 2.45) is 0 Å². The molecule has 3 aromatic carbocycles. The molecule has 0 saturated heterocycles. The van der Waals surface area contributed by atoms with Crippen LogP contribution in [-0.4, -0.2) is 6.54 Å². The van der Waals surface area contributed by atoms with Crippen LogP contribution in [0.25, 0.3) is 0 Å². The van der Waals surface area contributed by atoms with Gasteiger partial charge in [-0.05, 0) is 57.9 Å². The fraction of sp³-hybridized carbons (Fsp3) is 0.419. The van der Waals surface area contributed by atoms with E-state index >= 15 is 0 Å². The third-order valence-electron chi connectivity index (χ3n) is 6.17. The Kier molecular flexibility index (Phi) is 8.61. The second-order valence-electron chi connectivity index (χ2n) is 11.2. The standard InChI is InChI=1S/C31H42NOP/c1-9-32-20-24-17-13-14-22(2)29(24)34-27-19-25(30(3,4)5)18-26(31(6,7)8)28(27)33-21-23-15-11-10-12-16-23/h10-19,32,34H,9,20-21H2,1-8H3. The van der Waals surface area contributed by atoms with E-state index in [0.717, 1.165) is 18.8 Å². The lowest BCUT2D eigenvalue weighted by atomic mass is 9.80. The van der Waals surface area contributed by atoms with Crippen molar-refractivity contribution < 1.29 is 4.74 Å². The zero-order valence-corrected chi connectivity index (χ0v) is 23.3. The van der Waals surface area contributed by atoms with Crippen LogP contribution in [0, 0.1) is 6.92 Å². The SMILES string of the molecule is CCNCc1cccc(C)c1Pc1cc(C(C)(C)C)cc(C(C)(C)C)c1OCc1ccccc1. The molecule has 0 aromatic heterocycles. The van der Waals surface area contributed by atoms with Gasteiger partial charge in [-0.3, -0.25) is 0 Å². The zero-order chi connectivity index (χ0) is 24.9. The highest BCUT2D eigenvalue weighted by molar-refractivity contribution is 7.56. The molecule has 182 valence electrons. The number of benzene rings is 3. The smallest absolute Gasteiger partial charge is 0.131 e. The Labute approximate surface area is 209 Å². The van der Waals surface area contributed by atoms with E-state index in [4.69, 9.17) is 4.74 Å². The highest BCUT2D eigenvalue weighted by Gasteiger charge is 2.27. The van der Waals surface area contributed by atoms with Gasteiger partial charge in [0.2, 0.25) is 0 Å². The Morgan fingerprint density at radius 2 is 1.56 bits per heavy atom. The lowest BCUT2D eigenvalue weighted by Crippen LogP contribution is -2.24. The van der Waals surface area contributed by atoms with Gasteiger partial charge >= 0.3 is 0 Å². The summed E-state index contributed by atoms with van der Waals surface area (Å²) in [7, 11) is 0.538. The molecule has 0 amide bonds. The first-order valence-corrected chi connectivity index (χ1v) is 13.4. The quantitative estimate of drug-likeness (QED) is 0.358. The van der Waals surface area contributed by atoms with Crippen LogP contribution in [0.4, 0.5) is 0 Å². The first-order chi connectivity index (χ1) is 16.0. The molecule has 1 unspecified atom stereocenters. The molecule has 0 aliphatic heterocycles. The van der Waals surface area contributed by atoms with Crippen molar-refractivity contribution in [1.82, 2.24) is 5.32 Å². The molecule has 0 aliphatic carbocycles. The molecule has 0 heterocycles. The van der Waals surface area contributed by atoms with Gasteiger partial charge in [-0.15, -0.1) is 0 Å². The van der Waals surface area contributed by atoms with Crippen molar-refractivity contribution in [2.45, 2.75) is 79.4 Å². The summed E-state index contributed by atoms with van der Waals surface area (Å²) in [5.41, 5.74) is 6.63. The molecule has 0 saturated carbocycles. The van der Waals surface area contributed by atoms with E-state index in [2.05, 4.69) is 121 Å². The Balaban J connectivity index is 2.15. The molecule has 0 aliphatic rings. The van der Waals surface area contributed by atoms with E-state index in [0.29, 0.717) is 15.2 Å². The summed E-state index contributed by atoms with van der Waals surface area (Å²) in [6.07, 6.45) is 0. The van der Waals surface area contributed by atoms with Gasteiger partial charge in [0.05, 0.1) is 0 Å². The number of ether oxygens (including phenoxy) is 1. The monoisotopic (exact) mass is 475 g/mol. The predicted molar refractivity (Wildman–Crippen MR) is 151 cm³/mol. The summed E-state index contributed by atoms with van der Waals surface area (Å²) in [5, 5.41) is 6.26. The molecule has 1 atom stereocenters. The van der Waals surface area contributed by atoms with Crippen LogP contribution in [0.5, 0.6) is 5.75 Å². The molecule has 0 bridgehead atoms. The molecule has 0 radical (unpaired) electrons. The third kappa shape index (κ3) is 6.71. The van der Waals surface area contributed by atoms with Crippen LogP contribution >= 0.6 is 8.58 Å². The molecule has 0 spiro atoms. The molecular weight excluding hydrogens is 433 g/mol. The van der Waals surface area contributed by atoms with Crippen LogP contribution < -0.4 is 20.7 Å². The van der Waals surface area contributed by atoms with E-state index in [1.165, 1.54) is 38.4 Å². The summed E-state index contributed by atoms with van der Waals surface area (Å²) < 4.78 is 6.67. The van der Waals surface area contributed by atoms with Crippen molar-refractivity contribution in [2.75, 3.05) is 6.54 Å². The molecule has 2 nitrogen and oxygen atoms in total. The Morgan fingerprint density at radius 1 is 0.853 bits per heavy atom. The molecule has 3 aromatic rings. The number of hydrogen-bond donors (Lipinski definition) is 1. The largest absolute Gasteiger partial charge is 0.488 e. The van der Waals surface area contributed by atoms with E-state index < -0.39 is 0 Å². The van der Waals surface area contributed by atoms with Crippen molar-refractivity contribution >= 4 is 19.2 Å². The van der Waals surface area contributed by atoms with Gasteiger partial charge < -0.3 is 10.1 Å². The van der Waals surface area contributed by atoms with Gasteiger partial charge in [0.15, 0.2) is 0 Å². The predicted octanol–water partition coefficient (Wildman–Crippen LogP) is 6.91. The first kappa shape index (κ1) is 26.5. The van der Waals surface area contributed by atoms with Crippen LogP contribution in [-0.2, 0) is 24.0 Å². The van der Waals surface area contributed by atoms with Crippen molar-refractivity contribution in [1.29, 1.82) is 0 Å². The molecule has 3 heteroatoms. The first-order valence-electron chi connectivity index (χ1n) is 12.4. The number of nitrogens with one attached hydrogen (secondary N) is 1. The van der Waals surface area contributed by atoms with E-state index in [-0.39, 0.29) is 10.8 Å². The van der Waals surface area contributed by atoms with Crippen LogP contribution in [0.15, 0.2) is 60.7 Å². The molecule has 3 rings (SSSR count). The van der Waals surface area contributed by atoms with Gasteiger partial charge in [-0.1, -0.05) is 112 Å². The lowest BCUT2D eigenvalue weighted by molar-refractivity contribution is 0.300. The highest BCUT2D eigenvalue weighted by atomic mass is 31.1. The van der Waals surface area contributed by atoms with Gasteiger partial charge in [-0.2, -0.15) is 0 Å². The second kappa shape index (κ2) is 11.1. The Hall–Kier alpha value is -2.15. The summed E-state index contributed by atoms with van der Waals surface area (Å²) in [6, 6.07) is 21.9. The Bertz CT molecular complexity index is 1090. The van der Waals surface area contributed by atoms with E-state index in [1.807, 2.05) is 0 Å². The van der Waals surface area contributed by atoms with Gasteiger partial charge in [0.25, 0.3) is 0 Å². The zero-order valence-electron chi connectivity index (χ0n) is 22.3. The minimum atomic E-state index is -0.0230. The summed E-state index contributed by atoms with van der Waals surface area (Å²) >= 11 is 0. The minimum Gasteiger partial charge on any atom is -0.488 e. The van der Waals surface area contributed by atoms with Gasteiger partial charge in [0, 0.05) is 17.4 Å². The molecule has 34 heavy (non-hydrogen) atoms. The fourth-order valence-corrected chi connectivity index (χ4v) is 5.48. The topological polar surface area (TPSA) is 21.3 Å². The van der Waals surface area contributed by atoms with E-state index in [1.54, 1.807) is 0 Å². The maximum atomic E-state index is 6.67. The fourth-order valence-electron chi connectivity index (χ4n) is 4.05. The molecule has 0 fully saturated rings. The number of rotatable bonds is 8. The van der Waals surface area contributed by atoms with Crippen LogP contribution in [0.2, 0.25) is 0 Å². The second-order valence-corrected chi connectivity index (χ2v) is 12.5. The third-order valence-corrected chi connectivity index (χ3v) is 7.78. The molecule has 1 N–H and O–H groups in total. The van der Waals surface area contributed by atoms with Gasteiger partial charge in [-0.25, -0.2) is 0 Å². The summed E-state index contributed by atoms with van der Waals surface area (Å²) in [5.74, 6) is 1.06. The van der Waals surface area contributed by atoms with Crippen molar-refractivity contribution in [3.8, 4) is 5.75 Å². The highest BCUT2D eigenvalue weighted by Crippen LogP contribution is 2.38. The Morgan fingerprint density at radius 3 is 2.18 bits per heavy atom. The minimum absolute atomic E-state index is 0.0230. The maximum Gasteiger partial charge on any atom is 0.131 e. The van der Waals surface area contributed by atoms with Gasteiger partial charge in [0.1, 0.15) is 12.4 Å². The number of aryl methyl sites for hydroxylation is 1. The lowest BCUT2D eigenvalue weighted by Gasteiger charge is -2.30.